The van der Waals surface area contributed by atoms with Gasteiger partial charge in [-0.05, 0) is 32.4 Å². The molecule has 0 fully saturated rings. The number of hydrogen-bond donors (Lipinski definition) is 1. The summed E-state index contributed by atoms with van der Waals surface area (Å²) >= 11 is 0. The molecule has 0 atom stereocenters. The van der Waals surface area contributed by atoms with Gasteiger partial charge in [-0.25, -0.2) is 4.39 Å². The van der Waals surface area contributed by atoms with Gasteiger partial charge in [0, 0.05) is 17.8 Å². The normalized spacial score (nSPS) is 10.8. The van der Waals surface area contributed by atoms with Crippen molar-refractivity contribution < 1.29 is 9.18 Å². The smallest absolute Gasteiger partial charge is 0.255 e. The number of aromatic nitrogens is 2. The van der Waals surface area contributed by atoms with E-state index in [0.29, 0.717) is 23.4 Å². The molecule has 0 bridgehead atoms. The Morgan fingerprint density at radius 2 is 1.77 bits per heavy atom. The van der Waals surface area contributed by atoms with E-state index < -0.39 is 0 Å². The molecule has 0 saturated carbocycles. The second-order valence-electron chi connectivity index (χ2n) is 6.46. The lowest BCUT2D eigenvalue weighted by molar-refractivity contribution is 0.0949. The fourth-order valence-corrected chi connectivity index (χ4v) is 2.95. The van der Waals surface area contributed by atoms with Crippen LogP contribution in [-0.4, -0.2) is 15.7 Å². The van der Waals surface area contributed by atoms with E-state index in [1.807, 2.05) is 25.5 Å². The average Bonchev–Trinajstić information content (AvgIpc) is 2.89. The third kappa shape index (κ3) is 3.82. The summed E-state index contributed by atoms with van der Waals surface area (Å²) in [6, 6.07) is 14.7. The molecule has 3 aromatic rings. The molecule has 26 heavy (non-hydrogen) atoms. The lowest BCUT2D eigenvalue weighted by atomic mass is 10.1. The van der Waals surface area contributed by atoms with E-state index in [-0.39, 0.29) is 18.3 Å². The summed E-state index contributed by atoms with van der Waals surface area (Å²) < 4.78 is 15.5. The predicted octanol–water partition coefficient (Wildman–Crippen LogP) is 3.93. The Bertz CT molecular complexity index is 929. The minimum atomic E-state index is -0.323. The van der Waals surface area contributed by atoms with Gasteiger partial charge in [0.25, 0.3) is 5.91 Å². The van der Waals surface area contributed by atoms with Crippen LogP contribution in [0.4, 0.5) is 4.39 Å². The number of halogens is 1. The van der Waals surface area contributed by atoms with E-state index in [1.165, 1.54) is 11.6 Å². The molecule has 0 saturated heterocycles. The highest BCUT2D eigenvalue weighted by Crippen LogP contribution is 2.16. The van der Waals surface area contributed by atoms with Crippen molar-refractivity contribution in [2.45, 2.75) is 33.9 Å². The van der Waals surface area contributed by atoms with Gasteiger partial charge in [0.05, 0.1) is 17.8 Å². The summed E-state index contributed by atoms with van der Waals surface area (Å²) in [4.78, 5) is 12.6. The third-order valence-corrected chi connectivity index (χ3v) is 4.46. The van der Waals surface area contributed by atoms with Gasteiger partial charge in [-0.15, -0.1) is 0 Å². The van der Waals surface area contributed by atoms with E-state index in [9.17, 15) is 9.18 Å². The maximum absolute atomic E-state index is 13.7. The number of carbonyl (C=O) groups excluding carboxylic acids is 1. The molecule has 0 spiro atoms. The lowest BCUT2D eigenvalue weighted by Crippen LogP contribution is -2.24. The number of amides is 1. The molecular formula is C21H22FN3O. The van der Waals surface area contributed by atoms with Crippen LogP contribution in [0, 0.1) is 26.6 Å². The molecule has 1 amide bonds. The topological polar surface area (TPSA) is 46.9 Å². The summed E-state index contributed by atoms with van der Waals surface area (Å²) in [5.41, 5.74) is 4.81. The van der Waals surface area contributed by atoms with E-state index in [2.05, 4.69) is 34.7 Å². The highest BCUT2D eigenvalue weighted by molar-refractivity contribution is 5.96. The van der Waals surface area contributed by atoms with Crippen molar-refractivity contribution in [3.8, 4) is 0 Å². The SMILES string of the molecule is Cc1ccc(Cn2nc(C)c(C(=O)NCc3ccccc3F)c2C)cc1. The van der Waals surface area contributed by atoms with Crippen LogP contribution in [0.15, 0.2) is 48.5 Å². The quantitative estimate of drug-likeness (QED) is 0.757. The summed E-state index contributed by atoms with van der Waals surface area (Å²) in [5.74, 6) is -0.560. The summed E-state index contributed by atoms with van der Waals surface area (Å²) in [6.07, 6.45) is 0. The van der Waals surface area contributed by atoms with Crippen LogP contribution < -0.4 is 5.32 Å². The maximum Gasteiger partial charge on any atom is 0.255 e. The van der Waals surface area contributed by atoms with Gasteiger partial charge in [-0.2, -0.15) is 5.10 Å². The highest BCUT2D eigenvalue weighted by atomic mass is 19.1. The molecule has 1 aromatic heterocycles. The van der Waals surface area contributed by atoms with Crippen molar-refractivity contribution in [2.24, 2.45) is 0 Å². The molecule has 0 aliphatic carbocycles. The molecule has 3 rings (SSSR count). The molecular weight excluding hydrogens is 329 g/mol. The van der Waals surface area contributed by atoms with Gasteiger partial charge in [0.1, 0.15) is 5.82 Å². The summed E-state index contributed by atoms with van der Waals surface area (Å²) in [6.45, 7) is 6.50. The van der Waals surface area contributed by atoms with Crippen LogP contribution in [0.3, 0.4) is 0 Å². The molecule has 5 heteroatoms. The molecule has 0 radical (unpaired) electrons. The maximum atomic E-state index is 13.7. The van der Waals surface area contributed by atoms with E-state index in [0.717, 1.165) is 11.3 Å². The fraction of sp³-hybridized carbons (Fsp3) is 0.238. The number of rotatable bonds is 5. The minimum Gasteiger partial charge on any atom is -0.348 e. The minimum absolute atomic E-state index is 0.146. The van der Waals surface area contributed by atoms with Gasteiger partial charge < -0.3 is 5.32 Å². The number of hydrogen-bond acceptors (Lipinski definition) is 2. The number of nitrogens with zero attached hydrogens (tertiary/aromatic N) is 2. The fourth-order valence-electron chi connectivity index (χ4n) is 2.95. The van der Waals surface area contributed by atoms with Crippen molar-refractivity contribution >= 4 is 5.91 Å². The Hall–Kier alpha value is -2.95. The van der Waals surface area contributed by atoms with Gasteiger partial charge in [0.15, 0.2) is 0 Å². The van der Waals surface area contributed by atoms with Crippen LogP contribution in [-0.2, 0) is 13.1 Å². The molecule has 1 N–H and O–H groups in total. The van der Waals surface area contributed by atoms with Gasteiger partial charge in [-0.1, -0.05) is 48.0 Å². The van der Waals surface area contributed by atoms with Crippen molar-refractivity contribution in [1.82, 2.24) is 15.1 Å². The first kappa shape index (κ1) is 17.9. The highest BCUT2D eigenvalue weighted by Gasteiger charge is 2.18. The summed E-state index contributed by atoms with van der Waals surface area (Å²) in [7, 11) is 0. The molecule has 0 aliphatic rings. The van der Waals surface area contributed by atoms with Crippen molar-refractivity contribution in [2.75, 3.05) is 0 Å². The second-order valence-corrected chi connectivity index (χ2v) is 6.46. The van der Waals surface area contributed by atoms with Crippen molar-refractivity contribution in [3.05, 3.63) is 88.0 Å². The number of aryl methyl sites for hydroxylation is 2. The first-order valence-corrected chi connectivity index (χ1v) is 8.57. The Morgan fingerprint density at radius 1 is 1.08 bits per heavy atom. The van der Waals surface area contributed by atoms with Gasteiger partial charge >= 0.3 is 0 Å². The Labute approximate surface area is 152 Å². The zero-order valence-corrected chi connectivity index (χ0v) is 15.2. The van der Waals surface area contributed by atoms with Crippen molar-refractivity contribution in [3.63, 3.8) is 0 Å². The van der Waals surface area contributed by atoms with E-state index >= 15 is 0 Å². The van der Waals surface area contributed by atoms with Crippen LogP contribution in [0.1, 0.15) is 38.4 Å². The van der Waals surface area contributed by atoms with Crippen LogP contribution in [0.5, 0.6) is 0 Å². The third-order valence-electron chi connectivity index (χ3n) is 4.46. The van der Waals surface area contributed by atoms with E-state index in [4.69, 9.17) is 0 Å². The predicted molar refractivity (Wildman–Crippen MR) is 99.6 cm³/mol. The van der Waals surface area contributed by atoms with Crippen LogP contribution in [0.25, 0.3) is 0 Å². The van der Waals surface area contributed by atoms with Gasteiger partial charge in [-0.3, -0.25) is 9.48 Å². The van der Waals surface area contributed by atoms with Crippen LogP contribution in [0.2, 0.25) is 0 Å². The Morgan fingerprint density at radius 3 is 2.46 bits per heavy atom. The van der Waals surface area contributed by atoms with E-state index in [1.54, 1.807) is 18.2 Å². The first-order valence-electron chi connectivity index (χ1n) is 8.57. The zero-order chi connectivity index (χ0) is 18.7. The molecule has 1 heterocycles. The first-order chi connectivity index (χ1) is 12.5. The zero-order valence-electron chi connectivity index (χ0n) is 15.2. The number of carbonyl (C=O) groups is 1. The summed E-state index contributed by atoms with van der Waals surface area (Å²) in [5, 5.41) is 7.29. The molecule has 4 nitrogen and oxygen atoms in total. The Balaban J connectivity index is 1.75. The van der Waals surface area contributed by atoms with Gasteiger partial charge in [0.2, 0.25) is 0 Å². The largest absolute Gasteiger partial charge is 0.348 e. The monoisotopic (exact) mass is 351 g/mol. The Kier molecular flexibility index (Phi) is 5.16. The van der Waals surface area contributed by atoms with Crippen molar-refractivity contribution in [1.29, 1.82) is 0 Å². The number of nitrogens with one attached hydrogen (secondary N) is 1. The standard InChI is InChI=1S/C21H22FN3O/c1-14-8-10-17(11-9-14)13-25-16(3)20(15(2)24-25)21(26)23-12-18-6-4-5-7-19(18)22/h4-11H,12-13H2,1-3H3,(H,23,26). The average molecular weight is 351 g/mol. The molecule has 134 valence electrons. The van der Waals surface area contributed by atoms with Crippen LogP contribution >= 0.6 is 0 Å². The molecule has 2 aromatic carbocycles. The molecule has 0 unspecified atom stereocenters. The number of benzene rings is 2. The molecule has 0 aliphatic heterocycles. The lowest BCUT2D eigenvalue weighted by Gasteiger charge is -2.08. The second kappa shape index (κ2) is 7.52.